The van der Waals surface area contributed by atoms with Crippen molar-refractivity contribution >= 4 is 8.80 Å². The molecule has 0 aliphatic rings. The van der Waals surface area contributed by atoms with Gasteiger partial charge in [0, 0.05) is 32.5 Å². The van der Waals surface area contributed by atoms with Crippen LogP contribution in [0, 0.1) is 5.41 Å². The quantitative estimate of drug-likeness (QED) is 0.403. The molecule has 0 bridgehead atoms. The van der Waals surface area contributed by atoms with Crippen LogP contribution in [0.15, 0.2) is 0 Å². The van der Waals surface area contributed by atoms with Gasteiger partial charge in [-0.15, -0.1) is 0 Å². The smallest absolute Gasteiger partial charge is 0.396 e. The van der Waals surface area contributed by atoms with Crippen LogP contribution in [0.4, 0.5) is 0 Å². The number of hydrogen-bond donors (Lipinski definition) is 2. The van der Waals surface area contributed by atoms with Crippen molar-refractivity contribution in [1.82, 2.24) is 0 Å². The van der Waals surface area contributed by atoms with Gasteiger partial charge in [-0.3, -0.25) is 0 Å². The van der Waals surface area contributed by atoms with Gasteiger partial charge in [-0.25, -0.2) is 0 Å². The zero-order chi connectivity index (χ0) is 15.5. The lowest BCUT2D eigenvalue weighted by Crippen LogP contribution is -2.47. The molecule has 20 heavy (non-hydrogen) atoms. The van der Waals surface area contributed by atoms with E-state index < -0.39 is 8.80 Å². The number of nitrogens with two attached hydrogens (primary N) is 1. The first kappa shape index (κ1) is 20.0. The molecule has 0 aromatic heterocycles. The second-order valence-electron chi connectivity index (χ2n) is 5.70. The van der Waals surface area contributed by atoms with Crippen molar-refractivity contribution in [3.8, 4) is 0 Å². The largest absolute Gasteiger partial charge is 0.500 e. The summed E-state index contributed by atoms with van der Waals surface area (Å²) in [5.41, 5.74) is 5.86. The van der Waals surface area contributed by atoms with Crippen LogP contribution in [-0.2, 0) is 13.3 Å². The molecule has 3 N–H and O–H groups in total. The maximum Gasteiger partial charge on any atom is 0.500 e. The van der Waals surface area contributed by atoms with Gasteiger partial charge in [-0.05, 0) is 45.1 Å². The molecule has 0 aliphatic heterocycles. The number of aliphatic hydroxyl groups excluding tert-OH is 1. The molecule has 0 aromatic carbocycles. The van der Waals surface area contributed by atoms with E-state index in [1.165, 1.54) is 0 Å². The van der Waals surface area contributed by atoms with E-state index >= 15 is 0 Å². The standard InChI is InChI=1S/C14H33NO4Si/c1-5-17-20(18-6-2,19-11-8-7-10-16)12-9-14(3,4)13-15/h16H,5-13,15H2,1-4H3. The average molecular weight is 308 g/mol. The van der Waals surface area contributed by atoms with Crippen molar-refractivity contribution in [2.45, 2.75) is 53.0 Å². The number of hydrogen-bond acceptors (Lipinski definition) is 5. The molecule has 122 valence electrons. The van der Waals surface area contributed by atoms with Crippen LogP contribution in [-0.4, -0.2) is 46.9 Å². The highest BCUT2D eigenvalue weighted by atomic mass is 28.4. The molecule has 0 atom stereocenters. The van der Waals surface area contributed by atoms with E-state index in [1.807, 2.05) is 13.8 Å². The lowest BCUT2D eigenvalue weighted by Gasteiger charge is -2.32. The molecule has 5 nitrogen and oxygen atoms in total. The van der Waals surface area contributed by atoms with E-state index in [1.54, 1.807) is 0 Å². The minimum Gasteiger partial charge on any atom is -0.396 e. The highest BCUT2D eigenvalue weighted by Crippen LogP contribution is 2.27. The molecule has 6 heteroatoms. The molecule has 0 amide bonds. The molecular weight excluding hydrogens is 274 g/mol. The molecule has 0 aromatic rings. The summed E-state index contributed by atoms with van der Waals surface area (Å²) in [6.07, 6.45) is 2.50. The van der Waals surface area contributed by atoms with Crippen LogP contribution in [0.1, 0.15) is 47.0 Å². The third-order valence-corrected chi connectivity index (χ3v) is 6.23. The van der Waals surface area contributed by atoms with E-state index in [9.17, 15) is 0 Å². The van der Waals surface area contributed by atoms with Crippen molar-refractivity contribution in [3.05, 3.63) is 0 Å². The molecule has 0 aliphatic carbocycles. The summed E-state index contributed by atoms with van der Waals surface area (Å²) < 4.78 is 17.8. The van der Waals surface area contributed by atoms with Crippen molar-refractivity contribution in [1.29, 1.82) is 0 Å². The van der Waals surface area contributed by atoms with Gasteiger partial charge < -0.3 is 24.1 Å². The van der Waals surface area contributed by atoms with Gasteiger partial charge in [0.2, 0.25) is 0 Å². The highest BCUT2D eigenvalue weighted by Gasteiger charge is 2.41. The predicted octanol–water partition coefficient (Wildman–Crippen LogP) is 2.16. The first-order valence-corrected chi connectivity index (χ1v) is 9.61. The summed E-state index contributed by atoms with van der Waals surface area (Å²) in [5, 5.41) is 8.82. The maximum atomic E-state index is 8.82. The van der Waals surface area contributed by atoms with Crippen molar-refractivity contribution in [2.24, 2.45) is 11.1 Å². The third-order valence-electron chi connectivity index (χ3n) is 3.26. The minimum absolute atomic E-state index is 0.0703. The number of unbranched alkanes of at least 4 members (excludes halogenated alkanes) is 1. The maximum absolute atomic E-state index is 8.82. The summed E-state index contributed by atoms with van der Waals surface area (Å²) in [7, 11) is -2.61. The molecule has 0 fully saturated rings. The van der Waals surface area contributed by atoms with Gasteiger partial charge in [0.15, 0.2) is 0 Å². The zero-order valence-corrected chi connectivity index (χ0v) is 14.6. The Hall–Kier alpha value is 0.0169. The van der Waals surface area contributed by atoms with Crippen LogP contribution >= 0.6 is 0 Å². The number of aliphatic hydroxyl groups is 1. The summed E-state index contributed by atoms with van der Waals surface area (Å²) >= 11 is 0. The Morgan fingerprint density at radius 3 is 2.10 bits per heavy atom. The van der Waals surface area contributed by atoms with Crippen molar-refractivity contribution in [3.63, 3.8) is 0 Å². The lowest BCUT2D eigenvalue weighted by atomic mass is 9.91. The van der Waals surface area contributed by atoms with Crippen LogP contribution < -0.4 is 5.73 Å². The van der Waals surface area contributed by atoms with Gasteiger partial charge in [-0.2, -0.15) is 0 Å². The lowest BCUT2D eigenvalue weighted by molar-refractivity contribution is 0.0614. The van der Waals surface area contributed by atoms with Crippen LogP contribution in [0.5, 0.6) is 0 Å². The Bertz CT molecular complexity index is 233. The topological polar surface area (TPSA) is 73.9 Å². The molecule has 0 unspecified atom stereocenters. The van der Waals surface area contributed by atoms with Crippen molar-refractivity contribution in [2.75, 3.05) is 33.0 Å². The van der Waals surface area contributed by atoms with Crippen LogP contribution in [0.2, 0.25) is 6.04 Å². The van der Waals surface area contributed by atoms with E-state index in [0.717, 1.165) is 25.3 Å². The highest BCUT2D eigenvalue weighted by molar-refractivity contribution is 6.60. The summed E-state index contributed by atoms with van der Waals surface area (Å²) in [6.45, 7) is 10.8. The van der Waals surface area contributed by atoms with E-state index in [4.69, 9.17) is 24.1 Å². The average Bonchev–Trinajstić information content (AvgIpc) is 2.42. The molecule has 0 radical (unpaired) electrons. The summed E-state index contributed by atoms with van der Waals surface area (Å²) in [4.78, 5) is 0. The Kier molecular flexibility index (Phi) is 10.7. The van der Waals surface area contributed by atoms with Crippen molar-refractivity contribution < 1.29 is 18.4 Å². The molecule has 0 spiro atoms. The minimum atomic E-state index is -2.61. The van der Waals surface area contributed by atoms with Crippen LogP contribution in [0.25, 0.3) is 0 Å². The van der Waals surface area contributed by atoms with Gasteiger partial charge in [0.05, 0.1) is 0 Å². The molecular formula is C14H33NO4Si. The Labute approximate surface area is 125 Å². The Balaban J connectivity index is 4.56. The SMILES string of the molecule is CCO[Si](CCC(C)(C)CN)(OCC)OCCCCO. The molecule has 0 saturated carbocycles. The van der Waals surface area contributed by atoms with Crippen LogP contribution in [0.3, 0.4) is 0 Å². The van der Waals surface area contributed by atoms with E-state index in [0.29, 0.717) is 26.4 Å². The second-order valence-corrected chi connectivity index (χ2v) is 8.43. The second kappa shape index (κ2) is 10.7. The first-order valence-electron chi connectivity index (χ1n) is 7.68. The fourth-order valence-corrected chi connectivity index (χ4v) is 4.82. The normalized spacial score (nSPS) is 12.9. The molecule has 0 heterocycles. The van der Waals surface area contributed by atoms with Gasteiger partial charge >= 0.3 is 8.80 Å². The molecule has 0 saturated heterocycles. The Morgan fingerprint density at radius 2 is 1.65 bits per heavy atom. The molecule has 0 rings (SSSR count). The van der Waals surface area contributed by atoms with Gasteiger partial charge in [-0.1, -0.05) is 13.8 Å². The Morgan fingerprint density at radius 1 is 1.05 bits per heavy atom. The number of rotatable bonds is 13. The summed E-state index contributed by atoms with van der Waals surface area (Å²) in [5.74, 6) is 0. The zero-order valence-electron chi connectivity index (χ0n) is 13.6. The summed E-state index contributed by atoms with van der Waals surface area (Å²) in [6, 6.07) is 0.790. The first-order chi connectivity index (χ1) is 9.45. The predicted molar refractivity (Wildman–Crippen MR) is 83.5 cm³/mol. The fraction of sp³-hybridized carbons (Fsp3) is 1.00. The monoisotopic (exact) mass is 307 g/mol. The van der Waals surface area contributed by atoms with E-state index in [-0.39, 0.29) is 12.0 Å². The van der Waals surface area contributed by atoms with Gasteiger partial charge in [0.25, 0.3) is 0 Å². The van der Waals surface area contributed by atoms with Gasteiger partial charge in [0.1, 0.15) is 0 Å². The van der Waals surface area contributed by atoms with E-state index in [2.05, 4.69) is 13.8 Å². The third kappa shape index (κ3) is 8.34. The fourth-order valence-electron chi connectivity index (χ4n) is 1.82.